The lowest BCUT2D eigenvalue weighted by molar-refractivity contribution is -0.411. The first kappa shape index (κ1) is 30.3. The minimum absolute atomic E-state index is 0.0659. The number of aromatic nitrogens is 1. The van der Waals surface area contributed by atoms with Crippen molar-refractivity contribution < 1.29 is 19.4 Å². The van der Waals surface area contributed by atoms with E-state index < -0.39 is 9.85 Å². The molecule has 1 aliphatic rings. The topological polar surface area (TPSA) is 184 Å². The van der Waals surface area contributed by atoms with Crippen molar-refractivity contribution in [1.29, 1.82) is 0 Å². The molecule has 1 aromatic rings. The van der Waals surface area contributed by atoms with Crippen molar-refractivity contribution in [2.45, 2.75) is 65.2 Å². The standard InChI is InChI=1S/C9H13N3O3S.C6H11ClO.C3H2N3O2S/c1-2-3-4-5-7(13)11-9-10-6-8(16-9)12(14)15;1-2-3-4-5-6(7)8;4-3-5-1-2(9-3)6(7)8/h6H,2-5H2,1H3,(H,10,11,13);2-5H2,1H3;(H2,4,5)/q;;+1. The summed E-state index contributed by atoms with van der Waals surface area (Å²) in [6, 6.07) is 0. The van der Waals surface area contributed by atoms with Gasteiger partial charge in [0.25, 0.3) is 0 Å². The van der Waals surface area contributed by atoms with Gasteiger partial charge in [0.15, 0.2) is 16.9 Å². The summed E-state index contributed by atoms with van der Waals surface area (Å²) in [7, 11) is 0. The summed E-state index contributed by atoms with van der Waals surface area (Å²) in [5.41, 5.74) is 5.09. The van der Waals surface area contributed by atoms with E-state index >= 15 is 0 Å². The number of thiazole rings is 1. The number of nitrogens with one attached hydrogen (secondary N) is 1. The first-order valence-electron chi connectivity index (χ1n) is 9.97. The van der Waals surface area contributed by atoms with E-state index in [-0.39, 0.29) is 31.5 Å². The minimum atomic E-state index is -0.575. The van der Waals surface area contributed by atoms with Crippen LogP contribution in [0.3, 0.4) is 0 Å². The fourth-order valence-electron chi connectivity index (χ4n) is 1.96. The van der Waals surface area contributed by atoms with Crippen LogP contribution in [-0.4, -0.2) is 31.1 Å². The Morgan fingerprint density at radius 1 is 1.12 bits per heavy atom. The average Bonchev–Trinajstić information content (AvgIpc) is 3.38. The van der Waals surface area contributed by atoms with Crippen LogP contribution in [0.5, 0.6) is 0 Å². The molecule has 1 aromatic heterocycles. The van der Waals surface area contributed by atoms with Crippen molar-refractivity contribution in [2.75, 3.05) is 5.32 Å². The van der Waals surface area contributed by atoms with Crippen molar-refractivity contribution in [3.05, 3.63) is 37.7 Å². The van der Waals surface area contributed by atoms with Gasteiger partial charge in [0.1, 0.15) is 11.1 Å². The molecule has 0 atom stereocenters. The van der Waals surface area contributed by atoms with Gasteiger partial charge >= 0.3 is 21.4 Å². The summed E-state index contributed by atoms with van der Waals surface area (Å²) in [4.78, 5) is 47.7. The van der Waals surface area contributed by atoms with E-state index in [0.29, 0.717) is 12.8 Å². The molecule has 0 fully saturated rings. The van der Waals surface area contributed by atoms with E-state index in [4.69, 9.17) is 17.3 Å². The van der Waals surface area contributed by atoms with Gasteiger partial charge < -0.3 is 11.1 Å². The first-order valence-corrected chi connectivity index (χ1v) is 12.0. The number of amidine groups is 1. The van der Waals surface area contributed by atoms with Crippen molar-refractivity contribution >= 4 is 61.1 Å². The fourth-order valence-corrected chi connectivity index (χ4v) is 3.20. The van der Waals surface area contributed by atoms with Crippen LogP contribution >= 0.6 is 34.7 Å². The lowest BCUT2D eigenvalue weighted by atomic mass is 10.2. The monoisotopic (exact) mass is 521 g/mol. The van der Waals surface area contributed by atoms with Gasteiger partial charge in [0.05, 0.1) is 4.92 Å². The number of hydrogen-bond donors (Lipinski definition) is 2. The number of thioether (sulfide) groups is 1. The maximum absolute atomic E-state index is 11.4. The van der Waals surface area contributed by atoms with E-state index in [1.807, 2.05) is 0 Å². The number of carbonyl (C=O) groups excluding carboxylic acids is 2. The third-order valence-corrected chi connectivity index (χ3v) is 5.32. The normalized spacial score (nSPS) is 11.5. The number of aliphatic imine (C=N–C) groups is 1. The maximum Gasteiger partial charge on any atom is 0.492 e. The Balaban J connectivity index is 0.000000511. The Morgan fingerprint density at radius 2 is 1.73 bits per heavy atom. The van der Waals surface area contributed by atoms with Crippen LogP contribution in [0.15, 0.2) is 16.2 Å². The number of rotatable bonds is 11. The molecule has 33 heavy (non-hydrogen) atoms. The maximum atomic E-state index is 11.4. The molecular weight excluding hydrogens is 496 g/mol. The first-order chi connectivity index (χ1) is 15.6. The van der Waals surface area contributed by atoms with Crippen molar-refractivity contribution in [3.63, 3.8) is 0 Å². The Bertz CT molecular complexity index is 861. The van der Waals surface area contributed by atoms with Gasteiger partial charge in [-0.05, 0) is 35.8 Å². The molecular formula is C18H26ClN6O6S2+. The molecule has 2 heterocycles. The fraction of sp³-hybridized carbons (Fsp3) is 0.556. The third-order valence-electron chi connectivity index (χ3n) is 3.53. The van der Waals surface area contributed by atoms with Gasteiger partial charge in [-0.15, -0.1) is 0 Å². The summed E-state index contributed by atoms with van der Waals surface area (Å²) >= 11 is 6.75. The Hall–Kier alpha value is -2.67. The summed E-state index contributed by atoms with van der Waals surface area (Å²) in [6.07, 6.45) is 10.3. The third kappa shape index (κ3) is 15.7. The highest BCUT2D eigenvalue weighted by atomic mass is 35.5. The molecule has 3 N–H and O–H groups in total. The van der Waals surface area contributed by atoms with Gasteiger partial charge in [-0.25, -0.2) is 4.98 Å². The number of halogens is 1. The molecule has 1 aliphatic heterocycles. The summed E-state index contributed by atoms with van der Waals surface area (Å²) in [6.45, 7) is 4.15. The van der Waals surface area contributed by atoms with Crippen molar-refractivity contribution in [3.8, 4) is 0 Å². The summed E-state index contributed by atoms with van der Waals surface area (Å²) in [5, 5.41) is 22.8. The van der Waals surface area contributed by atoms with Crippen molar-refractivity contribution in [2.24, 2.45) is 10.7 Å². The molecule has 1 amide bonds. The second kappa shape index (κ2) is 17.8. The lowest BCUT2D eigenvalue weighted by Gasteiger charge is -1.99. The molecule has 0 aliphatic carbocycles. The van der Waals surface area contributed by atoms with Gasteiger partial charge in [-0.1, -0.05) is 39.5 Å². The second-order valence-corrected chi connectivity index (χ2v) is 8.74. The molecule has 0 aromatic carbocycles. The molecule has 0 radical (unpaired) electrons. The molecule has 12 nitrogen and oxygen atoms in total. The van der Waals surface area contributed by atoms with Crippen LogP contribution in [0.2, 0.25) is 0 Å². The molecule has 182 valence electrons. The Kier molecular flexibility index (Phi) is 16.4. The number of carbonyl (C=O) groups is 2. The molecule has 0 spiro atoms. The van der Waals surface area contributed by atoms with Gasteiger partial charge in [-0.2, -0.15) is 0 Å². The van der Waals surface area contributed by atoms with E-state index in [1.165, 1.54) is 0 Å². The van der Waals surface area contributed by atoms with Crippen LogP contribution in [0.25, 0.3) is 0 Å². The Labute approximate surface area is 204 Å². The molecule has 0 saturated carbocycles. The second-order valence-electron chi connectivity index (χ2n) is 6.30. The smallest absolute Gasteiger partial charge is 0.302 e. The molecule has 0 unspecified atom stereocenters. The largest absolute Gasteiger partial charge is 0.492 e. The molecule has 2 rings (SSSR count). The number of nitrogens with zero attached hydrogens (tertiary/aromatic N) is 4. The number of hydrogen-bond acceptors (Lipinski definition) is 11. The van der Waals surface area contributed by atoms with Crippen LogP contribution < -0.4 is 11.1 Å². The number of amides is 1. The van der Waals surface area contributed by atoms with E-state index in [9.17, 15) is 29.8 Å². The van der Waals surface area contributed by atoms with Crippen LogP contribution in [0.4, 0.5) is 10.1 Å². The zero-order chi connectivity index (χ0) is 25.2. The van der Waals surface area contributed by atoms with Crippen LogP contribution in [0, 0.1) is 26.4 Å². The van der Waals surface area contributed by atoms with E-state index in [1.54, 1.807) is 0 Å². The van der Waals surface area contributed by atoms with E-state index in [2.05, 4.69) is 35.3 Å². The highest BCUT2D eigenvalue weighted by Gasteiger charge is 2.32. The average molecular weight is 522 g/mol. The Morgan fingerprint density at radius 3 is 2.12 bits per heavy atom. The quantitative estimate of drug-likeness (QED) is 0.135. The number of anilines is 1. The van der Waals surface area contributed by atoms with Gasteiger partial charge in [0, 0.05) is 17.8 Å². The van der Waals surface area contributed by atoms with Gasteiger partial charge in [0.2, 0.25) is 11.1 Å². The minimum Gasteiger partial charge on any atom is -0.302 e. The van der Waals surface area contributed by atoms with Crippen LogP contribution in [0.1, 0.15) is 65.2 Å². The number of nitro groups is 2. The lowest BCUT2D eigenvalue weighted by Crippen LogP contribution is -2.10. The highest BCUT2D eigenvalue weighted by molar-refractivity contribution is 8.17. The molecule has 0 saturated heterocycles. The van der Waals surface area contributed by atoms with Crippen molar-refractivity contribution in [1.82, 2.24) is 4.98 Å². The number of nitrogens with two attached hydrogens (primary N) is 1. The predicted octanol–water partition coefficient (Wildman–Crippen LogP) is 4.83. The zero-order valence-corrected chi connectivity index (χ0v) is 20.6. The molecule has 15 heteroatoms. The van der Waals surface area contributed by atoms with Crippen LogP contribution in [-0.2, 0) is 9.59 Å². The molecule has 0 bridgehead atoms. The summed E-state index contributed by atoms with van der Waals surface area (Å²) in [5.74, 6) is -0.141. The van der Waals surface area contributed by atoms with E-state index in [0.717, 1.165) is 67.8 Å². The SMILES string of the molecule is CCCCCC(=O)Cl.CCCCCC(=O)Nc1ncc([N+](=O)[O-])s1.NC1=N[C+]=C([N+](=O)[O-])S1. The zero-order valence-electron chi connectivity index (χ0n) is 18.2. The highest BCUT2D eigenvalue weighted by Crippen LogP contribution is 2.25. The number of unbranched alkanes of at least 4 members (excludes halogenated alkanes) is 4. The van der Waals surface area contributed by atoms with Gasteiger partial charge in [-0.3, -0.25) is 29.8 Å². The predicted molar refractivity (Wildman–Crippen MR) is 130 cm³/mol. The summed E-state index contributed by atoms with van der Waals surface area (Å²) < 4.78 is 0.